The van der Waals surface area contributed by atoms with Crippen LogP contribution in [-0.2, 0) is 14.8 Å². The van der Waals surface area contributed by atoms with Gasteiger partial charge in [-0.1, -0.05) is 6.92 Å². The number of likely N-dealkylation sites (N-methyl/N-ethyl adjacent to an activating group) is 1. The van der Waals surface area contributed by atoms with Gasteiger partial charge in [0, 0.05) is 23.7 Å². The normalized spacial score (nSPS) is 14.2. The van der Waals surface area contributed by atoms with Gasteiger partial charge >= 0.3 is 0 Å². The number of hydrogen-bond acceptors (Lipinski definition) is 7. The number of aliphatic hydroxyl groups excluding tert-OH is 1. The Bertz CT molecular complexity index is 1350. The van der Waals surface area contributed by atoms with E-state index in [0.29, 0.717) is 35.5 Å². The predicted octanol–water partition coefficient (Wildman–Crippen LogP) is 2.49. The van der Waals surface area contributed by atoms with Gasteiger partial charge in [-0.3, -0.25) is 9.89 Å². The summed E-state index contributed by atoms with van der Waals surface area (Å²) < 4.78 is 33.8. The highest BCUT2D eigenvalue weighted by atomic mass is 32.2. The minimum atomic E-state index is -3.95. The minimum absolute atomic E-state index is 0.0158. The van der Waals surface area contributed by atoms with E-state index in [-0.39, 0.29) is 24.6 Å². The average Bonchev–Trinajstić information content (AvgIpc) is 3.29. The van der Waals surface area contributed by atoms with E-state index in [0.717, 1.165) is 15.6 Å². The average molecular weight is 502 g/mol. The van der Waals surface area contributed by atoms with Crippen LogP contribution >= 0.6 is 0 Å². The number of carbonyl (C=O) groups is 1. The molecule has 2 aromatic carbocycles. The number of rotatable bonds is 8. The maximum Gasteiger partial charge on any atom is 0.245 e. The number of aliphatic hydroxyl groups is 1. The van der Waals surface area contributed by atoms with E-state index in [1.54, 1.807) is 31.3 Å². The summed E-state index contributed by atoms with van der Waals surface area (Å²) >= 11 is 0. The number of sulfonamides is 1. The number of carbonyl (C=O) groups excluding carboxylic acids is 1. The number of benzene rings is 2. The second-order valence-electron chi connectivity index (χ2n) is 9.23. The van der Waals surface area contributed by atoms with Gasteiger partial charge in [-0.15, -0.1) is 0 Å². The van der Waals surface area contributed by atoms with Gasteiger partial charge in [0.15, 0.2) is 0 Å². The second kappa shape index (κ2) is 9.48. The zero-order chi connectivity index (χ0) is 25.4. The smallest absolute Gasteiger partial charge is 0.245 e. The molecule has 0 spiro atoms. The summed E-state index contributed by atoms with van der Waals surface area (Å²) in [5.41, 5.74) is 2.06. The molecule has 0 atom stereocenters. The van der Waals surface area contributed by atoms with E-state index >= 15 is 0 Å². The molecule has 3 N–H and O–H groups in total. The van der Waals surface area contributed by atoms with Crippen molar-refractivity contribution in [3.05, 3.63) is 42.1 Å². The van der Waals surface area contributed by atoms with E-state index in [4.69, 9.17) is 4.74 Å². The molecular weight excluding hydrogens is 470 g/mol. The maximum atomic E-state index is 13.4. The van der Waals surface area contributed by atoms with Crippen LogP contribution in [-0.4, -0.2) is 72.3 Å². The Balaban J connectivity index is 1.53. The molecule has 10 nitrogen and oxygen atoms in total. The highest BCUT2D eigenvalue weighted by Crippen LogP contribution is 2.37. The summed E-state index contributed by atoms with van der Waals surface area (Å²) in [7, 11) is -3.95. The minimum Gasteiger partial charge on any atom is -0.489 e. The fourth-order valence-electron chi connectivity index (χ4n) is 4.25. The van der Waals surface area contributed by atoms with E-state index < -0.39 is 21.5 Å². The van der Waals surface area contributed by atoms with Crippen molar-refractivity contribution in [2.75, 3.05) is 43.1 Å². The molecule has 1 amide bonds. The lowest BCUT2D eigenvalue weighted by Gasteiger charge is -2.42. The number of fused-ring (bicyclic) bond motifs is 2. The molecule has 1 aliphatic heterocycles. The first-order valence-electron chi connectivity index (χ1n) is 11.5. The van der Waals surface area contributed by atoms with Crippen molar-refractivity contribution in [2.45, 2.75) is 38.1 Å². The maximum absolute atomic E-state index is 13.4. The van der Waals surface area contributed by atoms with Crippen LogP contribution in [0.3, 0.4) is 0 Å². The SMILES string of the molecule is CCN(CC(=O)Nc1ccc2c(c1)OCCN2C(C)(C)CO)S(=O)(=O)c1cc(C)cc2cn[nH]c12. The molecule has 0 bridgehead atoms. The Morgan fingerprint density at radius 2 is 2.09 bits per heavy atom. The first kappa shape index (κ1) is 25.0. The number of amides is 1. The fourth-order valence-corrected chi connectivity index (χ4v) is 5.91. The Labute approximate surface area is 204 Å². The molecule has 188 valence electrons. The summed E-state index contributed by atoms with van der Waals surface area (Å²) in [6, 6.07) is 8.72. The number of H-pyrrole nitrogens is 1. The van der Waals surface area contributed by atoms with Gasteiger partial charge in [0.1, 0.15) is 17.3 Å². The van der Waals surface area contributed by atoms with Crippen molar-refractivity contribution in [3.63, 3.8) is 0 Å². The molecule has 0 radical (unpaired) electrons. The molecule has 0 aliphatic carbocycles. The third-order valence-electron chi connectivity index (χ3n) is 6.17. The Morgan fingerprint density at radius 1 is 1.31 bits per heavy atom. The molecule has 0 fully saturated rings. The topological polar surface area (TPSA) is 128 Å². The lowest BCUT2D eigenvalue weighted by atomic mass is 10.0. The van der Waals surface area contributed by atoms with Crippen molar-refractivity contribution in [1.29, 1.82) is 0 Å². The standard InChI is InChI=1S/C24H31N5O5S/c1-5-28(35(32,33)21-11-16(2)10-17-13-25-27-23(17)21)14-22(31)26-18-6-7-19-20(12-18)34-9-8-29(19)24(3,4)15-30/h6-7,10-13,30H,5,8-9,14-15H2,1-4H3,(H,25,27)(H,26,31). The molecule has 0 saturated carbocycles. The van der Waals surface area contributed by atoms with Gasteiger partial charge in [-0.25, -0.2) is 8.42 Å². The lowest BCUT2D eigenvalue weighted by Crippen LogP contribution is -2.50. The van der Waals surface area contributed by atoms with Crippen LogP contribution < -0.4 is 15.0 Å². The van der Waals surface area contributed by atoms with Gasteiger partial charge in [0.2, 0.25) is 15.9 Å². The summed E-state index contributed by atoms with van der Waals surface area (Å²) in [5, 5.41) is 19.9. The zero-order valence-corrected chi connectivity index (χ0v) is 21.1. The molecule has 4 rings (SSSR count). The van der Waals surface area contributed by atoms with E-state index in [2.05, 4.69) is 20.4 Å². The van der Waals surface area contributed by atoms with E-state index in [1.807, 2.05) is 32.9 Å². The first-order chi connectivity index (χ1) is 16.6. The second-order valence-corrected chi connectivity index (χ2v) is 11.1. The van der Waals surface area contributed by atoms with Crippen molar-refractivity contribution in [3.8, 4) is 5.75 Å². The van der Waals surface area contributed by atoms with Crippen LogP contribution in [0, 0.1) is 6.92 Å². The molecule has 0 unspecified atom stereocenters. The van der Waals surface area contributed by atoms with Crippen LogP contribution in [0.4, 0.5) is 11.4 Å². The molecule has 0 saturated heterocycles. The number of anilines is 2. The summed E-state index contributed by atoms with van der Waals surface area (Å²) in [6.07, 6.45) is 1.57. The van der Waals surface area contributed by atoms with Crippen LogP contribution in [0.2, 0.25) is 0 Å². The van der Waals surface area contributed by atoms with Gasteiger partial charge < -0.3 is 20.1 Å². The predicted molar refractivity (Wildman–Crippen MR) is 134 cm³/mol. The number of nitrogens with one attached hydrogen (secondary N) is 2. The Morgan fingerprint density at radius 3 is 2.80 bits per heavy atom. The monoisotopic (exact) mass is 501 g/mol. The molecule has 35 heavy (non-hydrogen) atoms. The molecule has 1 aromatic heterocycles. The molecule has 1 aliphatic rings. The Kier molecular flexibility index (Phi) is 6.76. The number of aromatic amines is 1. The highest BCUT2D eigenvalue weighted by Gasteiger charge is 2.31. The van der Waals surface area contributed by atoms with Gasteiger partial charge in [0.25, 0.3) is 0 Å². The molecule has 11 heteroatoms. The summed E-state index contributed by atoms with van der Waals surface area (Å²) in [6.45, 7) is 8.25. The number of hydrogen-bond donors (Lipinski definition) is 3. The number of aromatic nitrogens is 2. The highest BCUT2D eigenvalue weighted by molar-refractivity contribution is 7.89. The van der Waals surface area contributed by atoms with Crippen molar-refractivity contribution >= 4 is 38.2 Å². The fraction of sp³-hybridized carbons (Fsp3) is 0.417. The number of aryl methyl sites for hydroxylation is 1. The molecule has 2 heterocycles. The van der Waals surface area contributed by atoms with Crippen molar-refractivity contribution in [1.82, 2.24) is 14.5 Å². The first-order valence-corrected chi connectivity index (χ1v) is 12.9. The molecular formula is C24H31N5O5S. The van der Waals surface area contributed by atoms with E-state index in [9.17, 15) is 18.3 Å². The van der Waals surface area contributed by atoms with Gasteiger partial charge in [-0.05, 0) is 50.6 Å². The summed E-state index contributed by atoms with van der Waals surface area (Å²) in [5.74, 6) is 0.129. The zero-order valence-electron chi connectivity index (χ0n) is 20.3. The van der Waals surface area contributed by atoms with Gasteiger partial charge in [-0.2, -0.15) is 9.40 Å². The third-order valence-corrected chi connectivity index (χ3v) is 8.12. The van der Waals surface area contributed by atoms with Crippen molar-refractivity contribution < 1.29 is 23.1 Å². The Hall–Kier alpha value is -3.15. The van der Waals surface area contributed by atoms with E-state index in [1.165, 1.54) is 0 Å². The van der Waals surface area contributed by atoms with Crippen LogP contribution in [0.1, 0.15) is 26.3 Å². The van der Waals surface area contributed by atoms with Crippen LogP contribution in [0.15, 0.2) is 41.4 Å². The summed E-state index contributed by atoms with van der Waals surface area (Å²) in [4.78, 5) is 15.0. The quantitative estimate of drug-likeness (QED) is 0.433. The third kappa shape index (κ3) is 4.84. The number of nitrogens with zero attached hydrogens (tertiary/aromatic N) is 3. The number of ether oxygens (including phenoxy) is 1. The van der Waals surface area contributed by atoms with Crippen LogP contribution in [0.5, 0.6) is 5.75 Å². The van der Waals surface area contributed by atoms with Crippen molar-refractivity contribution in [2.24, 2.45) is 0 Å². The lowest BCUT2D eigenvalue weighted by molar-refractivity contribution is -0.116. The largest absolute Gasteiger partial charge is 0.489 e. The van der Waals surface area contributed by atoms with Gasteiger partial charge in [0.05, 0.1) is 42.6 Å². The molecule has 3 aromatic rings. The van der Waals surface area contributed by atoms with Crippen LogP contribution in [0.25, 0.3) is 10.9 Å².